The van der Waals surface area contributed by atoms with E-state index in [4.69, 9.17) is 5.26 Å². The molecule has 0 unspecified atom stereocenters. The quantitative estimate of drug-likeness (QED) is 0.558. The first kappa shape index (κ1) is 21.0. The third kappa shape index (κ3) is 4.71. The number of benzene rings is 2. The number of hydrogen-bond acceptors (Lipinski definition) is 5. The minimum atomic E-state index is -4.02. The van der Waals surface area contributed by atoms with Crippen LogP contribution in [0.4, 0.5) is 4.39 Å². The highest BCUT2D eigenvalue weighted by Crippen LogP contribution is 2.29. The van der Waals surface area contributed by atoms with Crippen LogP contribution in [-0.4, -0.2) is 23.4 Å². The van der Waals surface area contributed by atoms with Crippen molar-refractivity contribution in [3.05, 3.63) is 53.8 Å². The normalized spacial score (nSPS) is 12.1. The molecular formula is C18H19FN2O4S2. The summed E-state index contributed by atoms with van der Waals surface area (Å²) in [5.41, 5.74) is 0.456. The van der Waals surface area contributed by atoms with Crippen molar-refractivity contribution < 1.29 is 21.2 Å². The second-order valence-electron chi connectivity index (χ2n) is 6.12. The van der Waals surface area contributed by atoms with Crippen molar-refractivity contribution in [2.45, 2.75) is 40.9 Å². The van der Waals surface area contributed by atoms with Crippen LogP contribution >= 0.6 is 0 Å². The van der Waals surface area contributed by atoms with E-state index in [0.29, 0.717) is 5.56 Å². The molecule has 0 aliphatic heterocycles. The Labute approximate surface area is 158 Å². The Balaban J connectivity index is 2.58. The molecule has 0 aliphatic carbocycles. The summed E-state index contributed by atoms with van der Waals surface area (Å²) in [6, 6.07) is 10.0. The molecule has 2 rings (SSSR count). The zero-order valence-corrected chi connectivity index (χ0v) is 16.4. The number of sulfone groups is 1. The van der Waals surface area contributed by atoms with Gasteiger partial charge in [-0.3, -0.25) is 0 Å². The van der Waals surface area contributed by atoms with Gasteiger partial charge in [-0.15, -0.1) is 0 Å². The third-order valence-electron chi connectivity index (χ3n) is 3.86. The molecule has 0 atom stereocenters. The van der Waals surface area contributed by atoms with Crippen molar-refractivity contribution in [3.8, 4) is 6.07 Å². The molecule has 1 N–H and O–H groups in total. The van der Waals surface area contributed by atoms with E-state index < -0.39 is 25.7 Å². The van der Waals surface area contributed by atoms with Crippen LogP contribution in [0.2, 0.25) is 0 Å². The van der Waals surface area contributed by atoms with Gasteiger partial charge in [0.1, 0.15) is 5.82 Å². The molecule has 27 heavy (non-hydrogen) atoms. The van der Waals surface area contributed by atoms with Crippen LogP contribution in [0.15, 0.2) is 57.2 Å². The van der Waals surface area contributed by atoms with Crippen LogP contribution in [0, 0.1) is 17.1 Å². The molecular weight excluding hydrogens is 391 g/mol. The van der Waals surface area contributed by atoms with Gasteiger partial charge in [-0.05, 0) is 47.9 Å². The predicted molar refractivity (Wildman–Crippen MR) is 97.8 cm³/mol. The summed E-state index contributed by atoms with van der Waals surface area (Å²) in [4.78, 5) is -0.500. The van der Waals surface area contributed by atoms with E-state index in [0.717, 1.165) is 30.3 Å². The lowest BCUT2D eigenvalue weighted by Gasteiger charge is -2.15. The average molecular weight is 410 g/mol. The molecule has 9 heteroatoms. The lowest BCUT2D eigenvalue weighted by molar-refractivity contribution is 0.579. The van der Waals surface area contributed by atoms with Crippen molar-refractivity contribution in [3.63, 3.8) is 0 Å². The summed E-state index contributed by atoms with van der Waals surface area (Å²) in [5.74, 6) is -0.746. The molecule has 0 aromatic heterocycles. The van der Waals surface area contributed by atoms with E-state index in [9.17, 15) is 21.2 Å². The van der Waals surface area contributed by atoms with Crippen molar-refractivity contribution in [2.24, 2.45) is 0 Å². The third-order valence-corrected chi connectivity index (χ3v) is 7.14. The minimum Gasteiger partial charge on any atom is -0.219 e. The fraction of sp³-hybridized carbons (Fsp3) is 0.278. The summed E-state index contributed by atoms with van der Waals surface area (Å²) in [6.45, 7) is 3.50. The van der Waals surface area contributed by atoms with E-state index in [-0.39, 0.29) is 33.6 Å². The van der Waals surface area contributed by atoms with Gasteiger partial charge in [-0.2, -0.15) is 5.26 Å². The van der Waals surface area contributed by atoms with Crippen molar-refractivity contribution in [1.82, 2.24) is 4.72 Å². The number of halogens is 1. The van der Waals surface area contributed by atoms with Gasteiger partial charge in [0.2, 0.25) is 19.9 Å². The topological polar surface area (TPSA) is 104 Å². The first-order valence-electron chi connectivity index (χ1n) is 8.11. The Hall–Kier alpha value is -2.28. The van der Waals surface area contributed by atoms with Gasteiger partial charge in [0.05, 0.1) is 20.8 Å². The first-order chi connectivity index (χ1) is 12.6. The van der Waals surface area contributed by atoms with Crippen LogP contribution in [0.5, 0.6) is 0 Å². The molecule has 6 nitrogen and oxygen atoms in total. The van der Waals surface area contributed by atoms with Crippen molar-refractivity contribution in [2.75, 3.05) is 6.54 Å². The number of sulfonamides is 1. The lowest BCUT2D eigenvalue weighted by atomic mass is 10.0. The maximum Gasteiger partial charge on any atom is 0.240 e. The Kier molecular flexibility index (Phi) is 6.36. The molecule has 0 bridgehead atoms. The second-order valence-corrected chi connectivity index (χ2v) is 9.80. The van der Waals surface area contributed by atoms with Crippen LogP contribution in [0.25, 0.3) is 0 Å². The first-order valence-corrected chi connectivity index (χ1v) is 11.1. The molecule has 0 fully saturated rings. The molecule has 0 radical (unpaired) electrons. The van der Waals surface area contributed by atoms with E-state index in [1.165, 1.54) is 12.1 Å². The van der Waals surface area contributed by atoms with Gasteiger partial charge < -0.3 is 0 Å². The Morgan fingerprint density at radius 1 is 1.04 bits per heavy atom. The maximum absolute atomic E-state index is 13.1. The SMILES string of the molecule is CC(C)c1ccc(S(=O)(=O)c2ccc(F)cc2)cc1S(=O)(=O)NCCC#N. The fourth-order valence-electron chi connectivity index (χ4n) is 2.46. The number of rotatable bonds is 7. The van der Waals surface area contributed by atoms with E-state index in [1.807, 2.05) is 6.07 Å². The van der Waals surface area contributed by atoms with Crippen LogP contribution in [0.3, 0.4) is 0 Å². The smallest absolute Gasteiger partial charge is 0.219 e. The molecule has 0 saturated heterocycles. The van der Waals surface area contributed by atoms with Gasteiger partial charge in [0, 0.05) is 13.0 Å². The molecule has 144 valence electrons. The van der Waals surface area contributed by atoms with Crippen LogP contribution < -0.4 is 4.72 Å². The molecule has 2 aromatic rings. The van der Waals surface area contributed by atoms with Crippen molar-refractivity contribution >= 4 is 19.9 Å². The largest absolute Gasteiger partial charge is 0.240 e. The number of nitrogens with zero attached hydrogens (tertiary/aromatic N) is 1. The Bertz CT molecular complexity index is 1070. The minimum absolute atomic E-state index is 0.0101. The summed E-state index contributed by atoms with van der Waals surface area (Å²) < 4.78 is 66.2. The molecule has 0 spiro atoms. The zero-order chi connectivity index (χ0) is 20.2. The summed E-state index contributed by atoms with van der Waals surface area (Å²) >= 11 is 0. The van der Waals surface area contributed by atoms with E-state index >= 15 is 0 Å². The van der Waals surface area contributed by atoms with Crippen molar-refractivity contribution in [1.29, 1.82) is 5.26 Å². The Morgan fingerprint density at radius 3 is 2.19 bits per heavy atom. The highest BCUT2D eigenvalue weighted by atomic mass is 32.2. The monoisotopic (exact) mass is 410 g/mol. The lowest BCUT2D eigenvalue weighted by Crippen LogP contribution is -2.26. The molecule has 0 saturated carbocycles. The van der Waals surface area contributed by atoms with Gasteiger partial charge in [-0.1, -0.05) is 19.9 Å². The number of hydrogen-bond donors (Lipinski definition) is 1. The highest BCUT2D eigenvalue weighted by molar-refractivity contribution is 7.91. The van der Waals surface area contributed by atoms with Gasteiger partial charge >= 0.3 is 0 Å². The van der Waals surface area contributed by atoms with E-state index in [1.54, 1.807) is 13.8 Å². The van der Waals surface area contributed by atoms with E-state index in [2.05, 4.69) is 4.72 Å². The van der Waals surface area contributed by atoms with Crippen LogP contribution in [-0.2, 0) is 19.9 Å². The number of nitrogens with one attached hydrogen (secondary N) is 1. The fourth-order valence-corrected chi connectivity index (χ4v) is 5.24. The Morgan fingerprint density at radius 2 is 1.63 bits per heavy atom. The summed E-state index contributed by atoms with van der Waals surface area (Å²) in [6.07, 6.45) is -0.0101. The summed E-state index contributed by atoms with van der Waals surface area (Å²) in [5, 5.41) is 8.58. The second kappa shape index (κ2) is 8.17. The van der Waals surface area contributed by atoms with Gasteiger partial charge in [-0.25, -0.2) is 25.9 Å². The highest BCUT2D eigenvalue weighted by Gasteiger charge is 2.25. The molecule has 0 aliphatic rings. The molecule has 0 heterocycles. The maximum atomic E-state index is 13.1. The number of nitriles is 1. The molecule has 2 aromatic carbocycles. The standard InChI is InChI=1S/C18H19FN2O4S2/c1-13(2)17-9-8-16(12-18(17)27(24,25)21-11-3-10-20)26(22,23)15-6-4-14(19)5-7-15/h4-9,12-13,21H,3,11H2,1-2H3. The zero-order valence-electron chi connectivity index (χ0n) is 14.8. The predicted octanol–water partition coefficient (Wildman–Crippen LogP) is 2.97. The summed E-state index contributed by atoms with van der Waals surface area (Å²) in [7, 11) is -8.02. The molecule has 0 amide bonds. The van der Waals surface area contributed by atoms with Crippen LogP contribution in [0.1, 0.15) is 31.7 Å². The average Bonchev–Trinajstić information content (AvgIpc) is 2.61. The van der Waals surface area contributed by atoms with Gasteiger partial charge in [0.25, 0.3) is 0 Å². The van der Waals surface area contributed by atoms with Gasteiger partial charge in [0.15, 0.2) is 0 Å².